The SMILES string of the molecule is CCc1ccccc1NC(=O)CN1C(=O)N/C(=C/c2ccc(O[C@@H](C)CC)c(Cl)c2)C1=O. The van der Waals surface area contributed by atoms with E-state index < -0.39 is 17.8 Å². The van der Waals surface area contributed by atoms with Gasteiger partial charge in [-0.1, -0.05) is 49.7 Å². The maximum atomic E-state index is 12.7. The van der Waals surface area contributed by atoms with Crippen LogP contribution in [-0.2, 0) is 16.0 Å². The molecule has 1 fully saturated rings. The van der Waals surface area contributed by atoms with Crippen LogP contribution in [0.4, 0.5) is 10.5 Å². The maximum Gasteiger partial charge on any atom is 0.329 e. The van der Waals surface area contributed by atoms with Crippen molar-refractivity contribution in [1.82, 2.24) is 10.2 Å². The van der Waals surface area contributed by atoms with E-state index in [2.05, 4.69) is 10.6 Å². The van der Waals surface area contributed by atoms with Crippen molar-refractivity contribution in [3.05, 3.63) is 64.3 Å². The van der Waals surface area contributed by atoms with Gasteiger partial charge in [0.05, 0.1) is 11.1 Å². The van der Waals surface area contributed by atoms with Crippen LogP contribution in [0, 0.1) is 0 Å². The second kappa shape index (κ2) is 10.3. The molecule has 1 heterocycles. The average molecular weight is 456 g/mol. The minimum absolute atomic E-state index is 0.0244. The van der Waals surface area contributed by atoms with Crippen LogP contribution in [0.2, 0.25) is 5.02 Å². The predicted molar refractivity (Wildman–Crippen MR) is 125 cm³/mol. The summed E-state index contributed by atoms with van der Waals surface area (Å²) >= 11 is 6.29. The Labute approximate surface area is 192 Å². The minimum Gasteiger partial charge on any atom is -0.489 e. The summed E-state index contributed by atoms with van der Waals surface area (Å²) in [5, 5.41) is 5.68. The van der Waals surface area contributed by atoms with E-state index in [0.717, 1.165) is 23.3 Å². The molecule has 3 rings (SSSR count). The summed E-state index contributed by atoms with van der Waals surface area (Å²) < 4.78 is 5.74. The smallest absolute Gasteiger partial charge is 0.329 e. The first kappa shape index (κ1) is 23.3. The Hall–Kier alpha value is -3.32. The monoisotopic (exact) mass is 455 g/mol. The number of carbonyl (C=O) groups excluding carboxylic acids is 3. The molecule has 0 spiro atoms. The third kappa shape index (κ3) is 5.48. The Balaban J connectivity index is 1.69. The molecule has 0 aromatic heterocycles. The number of ether oxygens (including phenoxy) is 1. The highest BCUT2D eigenvalue weighted by atomic mass is 35.5. The molecule has 1 aliphatic heterocycles. The molecule has 2 aromatic carbocycles. The van der Waals surface area contributed by atoms with Gasteiger partial charge in [-0.3, -0.25) is 9.59 Å². The van der Waals surface area contributed by atoms with Crippen molar-refractivity contribution < 1.29 is 19.1 Å². The summed E-state index contributed by atoms with van der Waals surface area (Å²) in [4.78, 5) is 38.3. The molecular formula is C24H26ClN3O4. The van der Waals surface area contributed by atoms with Crippen LogP contribution >= 0.6 is 11.6 Å². The number of imide groups is 1. The van der Waals surface area contributed by atoms with Gasteiger partial charge in [0.15, 0.2) is 0 Å². The molecule has 2 aromatic rings. The zero-order chi connectivity index (χ0) is 23.3. The van der Waals surface area contributed by atoms with Crippen LogP contribution in [0.1, 0.15) is 38.3 Å². The molecule has 1 aliphatic rings. The maximum absolute atomic E-state index is 12.7. The van der Waals surface area contributed by atoms with Crippen molar-refractivity contribution in [3.8, 4) is 5.75 Å². The second-order valence-corrected chi connectivity index (χ2v) is 7.87. The molecule has 168 valence electrons. The highest BCUT2D eigenvalue weighted by Gasteiger charge is 2.35. The first-order chi connectivity index (χ1) is 15.3. The molecule has 0 saturated carbocycles. The zero-order valence-electron chi connectivity index (χ0n) is 18.3. The Bertz CT molecular complexity index is 1070. The molecule has 0 unspecified atom stereocenters. The summed E-state index contributed by atoms with van der Waals surface area (Å²) in [5.74, 6) is -0.481. The molecule has 8 heteroatoms. The summed E-state index contributed by atoms with van der Waals surface area (Å²) in [5.41, 5.74) is 2.33. The predicted octanol–water partition coefficient (Wildman–Crippen LogP) is 4.61. The van der Waals surface area contributed by atoms with Crippen LogP contribution in [-0.4, -0.2) is 35.4 Å². The first-order valence-electron chi connectivity index (χ1n) is 10.5. The Kier molecular flexibility index (Phi) is 7.53. The van der Waals surface area contributed by atoms with Crippen molar-refractivity contribution in [1.29, 1.82) is 0 Å². The van der Waals surface area contributed by atoms with E-state index >= 15 is 0 Å². The third-order valence-corrected chi connectivity index (χ3v) is 5.40. The number of halogens is 1. The fourth-order valence-corrected chi connectivity index (χ4v) is 3.40. The van der Waals surface area contributed by atoms with Crippen LogP contribution in [0.5, 0.6) is 5.75 Å². The Morgan fingerprint density at radius 1 is 1.22 bits per heavy atom. The van der Waals surface area contributed by atoms with Gasteiger partial charge in [-0.25, -0.2) is 9.69 Å². The number of hydrogen-bond donors (Lipinski definition) is 2. The number of aryl methyl sites for hydroxylation is 1. The van der Waals surface area contributed by atoms with Crippen molar-refractivity contribution >= 4 is 41.2 Å². The molecule has 0 radical (unpaired) electrons. The van der Waals surface area contributed by atoms with Gasteiger partial charge in [0.1, 0.15) is 18.0 Å². The number of nitrogens with one attached hydrogen (secondary N) is 2. The number of para-hydroxylation sites is 1. The number of carbonyl (C=O) groups is 3. The standard InChI is InChI=1S/C24H26ClN3O4/c1-4-15(3)32-21-11-10-16(12-18(21)25)13-20-23(30)28(24(31)27-20)14-22(29)26-19-9-7-6-8-17(19)5-2/h6-13,15H,4-5,14H2,1-3H3,(H,26,29)(H,27,31)/b20-13+/t15-/m0/s1. The minimum atomic E-state index is -0.650. The Morgan fingerprint density at radius 2 is 1.97 bits per heavy atom. The van der Waals surface area contributed by atoms with Crippen molar-refractivity contribution in [2.45, 2.75) is 39.7 Å². The summed E-state index contributed by atoms with van der Waals surface area (Å²) in [6.45, 7) is 5.56. The first-order valence-corrected chi connectivity index (χ1v) is 10.9. The molecule has 0 bridgehead atoms. The van der Waals surface area contributed by atoms with Gasteiger partial charge in [0, 0.05) is 5.69 Å². The van der Waals surface area contributed by atoms with E-state index in [-0.39, 0.29) is 18.3 Å². The molecule has 4 amide bonds. The van der Waals surface area contributed by atoms with Crippen molar-refractivity contribution in [3.63, 3.8) is 0 Å². The number of nitrogens with zero attached hydrogens (tertiary/aromatic N) is 1. The number of urea groups is 1. The Morgan fingerprint density at radius 3 is 2.66 bits per heavy atom. The van der Waals surface area contributed by atoms with Gasteiger partial charge >= 0.3 is 6.03 Å². The van der Waals surface area contributed by atoms with Crippen LogP contribution < -0.4 is 15.4 Å². The molecule has 0 aliphatic carbocycles. The number of amides is 4. The van der Waals surface area contributed by atoms with Gasteiger partial charge in [-0.05, 0) is 55.2 Å². The lowest BCUT2D eigenvalue weighted by Gasteiger charge is -2.14. The van der Waals surface area contributed by atoms with Gasteiger partial charge in [0.2, 0.25) is 5.91 Å². The van der Waals surface area contributed by atoms with Gasteiger partial charge in [-0.2, -0.15) is 0 Å². The fraction of sp³-hybridized carbons (Fsp3) is 0.292. The summed E-state index contributed by atoms with van der Waals surface area (Å²) in [6, 6.07) is 11.9. The van der Waals surface area contributed by atoms with Crippen molar-refractivity contribution in [2.75, 3.05) is 11.9 Å². The van der Waals surface area contributed by atoms with E-state index in [4.69, 9.17) is 16.3 Å². The van der Waals surface area contributed by atoms with Crippen LogP contribution in [0.3, 0.4) is 0 Å². The quantitative estimate of drug-likeness (QED) is 0.449. The van der Waals surface area contributed by atoms with Gasteiger partial charge in [-0.15, -0.1) is 0 Å². The lowest BCUT2D eigenvalue weighted by molar-refractivity contribution is -0.127. The lowest BCUT2D eigenvalue weighted by Crippen LogP contribution is -2.38. The van der Waals surface area contributed by atoms with E-state index in [0.29, 0.717) is 22.0 Å². The largest absolute Gasteiger partial charge is 0.489 e. The number of hydrogen-bond acceptors (Lipinski definition) is 4. The summed E-state index contributed by atoms with van der Waals surface area (Å²) in [6.07, 6.45) is 3.13. The normalized spacial score (nSPS) is 15.6. The number of anilines is 1. The van der Waals surface area contributed by atoms with E-state index in [1.54, 1.807) is 24.3 Å². The highest BCUT2D eigenvalue weighted by molar-refractivity contribution is 6.32. The van der Waals surface area contributed by atoms with Crippen LogP contribution in [0.25, 0.3) is 6.08 Å². The molecule has 1 atom stereocenters. The van der Waals surface area contributed by atoms with Gasteiger partial charge in [0.25, 0.3) is 5.91 Å². The molecular weight excluding hydrogens is 430 g/mol. The van der Waals surface area contributed by atoms with E-state index in [1.165, 1.54) is 6.08 Å². The molecule has 1 saturated heterocycles. The second-order valence-electron chi connectivity index (χ2n) is 7.46. The number of rotatable bonds is 8. The van der Waals surface area contributed by atoms with E-state index in [9.17, 15) is 14.4 Å². The number of benzene rings is 2. The van der Waals surface area contributed by atoms with E-state index in [1.807, 2.05) is 39.0 Å². The van der Waals surface area contributed by atoms with Gasteiger partial charge < -0.3 is 15.4 Å². The fourth-order valence-electron chi connectivity index (χ4n) is 3.17. The zero-order valence-corrected chi connectivity index (χ0v) is 19.0. The average Bonchev–Trinajstić information content (AvgIpc) is 3.03. The summed E-state index contributed by atoms with van der Waals surface area (Å²) in [7, 11) is 0. The topological polar surface area (TPSA) is 87.7 Å². The lowest BCUT2D eigenvalue weighted by atomic mass is 10.1. The molecule has 32 heavy (non-hydrogen) atoms. The van der Waals surface area contributed by atoms with Crippen LogP contribution in [0.15, 0.2) is 48.2 Å². The third-order valence-electron chi connectivity index (χ3n) is 5.11. The highest BCUT2D eigenvalue weighted by Crippen LogP contribution is 2.28. The van der Waals surface area contributed by atoms with Crippen molar-refractivity contribution in [2.24, 2.45) is 0 Å². The molecule has 7 nitrogen and oxygen atoms in total. The molecule has 2 N–H and O–H groups in total.